The molecule has 104 valence electrons. The Morgan fingerprint density at radius 1 is 1.05 bits per heavy atom. The van der Waals surface area contributed by atoms with Gasteiger partial charge in [-0.25, -0.2) is 19.7 Å². The van der Waals surface area contributed by atoms with Gasteiger partial charge in [-0.1, -0.05) is 18.2 Å². The number of carbonyl (C=O) groups is 1. The number of ether oxygens (including phenoxy) is 1. The largest absolute Gasteiger partial charge is 0.454 e. The van der Waals surface area contributed by atoms with Gasteiger partial charge < -0.3 is 4.74 Å². The summed E-state index contributed by atoms with van der Waals surface area (Å²) in [7, 11) is 0. The molecule has 21 heavy (non-hydrogen) atoms. The van der Waals surface area contributed by atoms with E-state index in [1.165, 1.54) is 0 Å². The second-order valence-electron chi connectivity index (χ2n) is 4.54. The van der Waals surface area contributed by atoms with Gasteiger partial charge in [0, 0.05) is 6.20 Å². The Morgan fingerprint density at radius 2 is 1.76 bits per heavy atom. The average molecular weight is 279 g/mol. The highest BCUT2D eigenvalue weighted by Gasteiger charge is 2.11. The highest BCUT2D eigenvalue weighted by atomic mass is 16.5. The summed E-state index contributed by atoms with van der Waals surface area (Å²) in [6.45, 7) is 1.93. The average Bonchev–Trinajstić information content (AvgIpc) is 2.53. The SMILES string of the molecule is Cc1nc2ccccc2nc1COC(=O)c1ccccn1. The van der Waals surface area contributed by atoms with E-state index in [2.05, 4.69) is 15.0 Å². The fraction of sp³-hybridized carbons (Fsp3) is 0.125. The predicted octanol–water partition coefficient (Wildman–Crippen LogP) is 2.69. The third-order valence-corrected chi connectivity index (χ3v) is 3.06. The first kappa shape index (κ1) is 13.2. The highest BCUT2D eigenvalue weighted by molar-refractivity contribution is 5.87. The summed E-state index contributed by atoms with van der Waals surface area (Å²) < 4.78 is 5.24. The summed E-state index contributed by atoms with van der Waals surface area (Å²) in [6.07, 6.45) is 1.55. The first-order valence-electron chi connectivity index (χ1n) is 6.54. The second-order valence-corrected chi connectivity index (χ2v) is 4.54. The maximum Gasteiger partial charge on any atom is 0.357 e. The molecule has 0 radical (unpaired) electrons. The normalized spacial score (nSPS) is 10.5. The second kappa shape index (κ2) is 5.66. The molecule has 0 N–H and O–H groups in total. The number of nitrogens with zero attached hydrogens (tertiary/aromatic N) is 3. The van der Waals surface area contributed by atoms with Crippen molar-refractivity contribution in [3.8, 4) is 0 Å². The zero-order chi connectivity index (χ0) is 14.7. The van der Waals surface area contributed by atoms with Crippen LogP contribution in [0, 0.1) is 6.92 Å². The lowest BCUT2D eigenvalue weighted by molar-refractivity contribution is 0.0460. The van der Waals surface area contributed by atoms with Gasteiger partial charge in [0.15, 0.2) is 0 Å². The van der Waals surface area contributed by atoms with Crippen LogP contribution in [0.3, 0.4) is 0 Å². The summed E-state index contributed by atoms with van der Waals surface area (Å²) in [5, 5.41) is 0. The Kier molecular flexibility index (Phi) is 3.55. The van der Waals surface area contributed by atoms with Crippen LogP contribution in [0.5, 0.6) is 0 Å². The van der Waals surface area contributed by atoms with Gasteiger partial charge in [-0.15, -0.1) is 0 Å². The number of carbonyl (C=O) groups excluding carboxylic acids is 1. The fourth-order valence-corrected chi connectivity index (χ4v) is 1.95. The van der Waals surface area contributed by atoms with Crippen LogP contribution in [-0.2, 0) is 11.3 Å². The minimum Gasteiger partial charge on any atom is -0.454 e. The Hall–Kier alpha value is -2.82. The number of para-hydroxylation sites is 2. The third kappa shape index (κ3) is 2.86. The van der Waals surface area contributed by atoms with Gasteiger partial charge in [-0.2, -0.15) is 0 Å². The number of rotatable bonds is 3. The Morgan fingerprint density at radius 3 is 2.48 bits per heavy atom. The third-order valence-electron chi connectivity index (χ3n) is 3.06. The molecule has 1 aromatic carbocycles. The zero-order valence-electron chi connectivity index (χ0n) is 11.5. The maximum atomic E-state index is 11.9. The number of fused-ring (bicyclic) bond motifs is 1. The van der Waals surface area contributed by atoms with Gasteiger partial charge >= 0.3 is 5.97 Å². The van der Waals surface area contributed by atoms with E-state index >= 15 is 0 Å². The standard InChI is InChI=1S/C16H13N3O2/c1-11-15(19-13-7-3-2-6-12(13)18-11)10-21-16(20)14-8-4-5-9-17-14/h2-9H,10H2,1H3. The molecule has 0 aliphatic carbocycles. The van der Waals surface area contributed by atoms with Gasteiger partial charge in [0.1, 0.15) is 12.3 Å². The van der Waals surface area contributed by atoms with E-state index in [4.69, 9.17) is 4.74 Å². The van der Waals surface area contributed by atoms with Crippen molar-refractivity contribution >= 4 is 17.0 Å². The van der Waals surface area contributed by atoms with Gasteiger partial charge in [0.25, 0.3) is 0 Å². The maximum absolute atomic E-state index is 11.9. The lowest BCUT2D eigenvalue weighted by Crippen LogP contribution is -2.09. The smallest absolute Gasteiger partial charge is 0.357 e. The minimum atomic E-state index is -0.468. The number of pyridine rings is 1. The number of hydrogen-bond acceptors (Lipinski definition) is 5. The Bertz CT molecular complexity index is 788. The number of esters is 1. The summed E-state index contributed by atoms with van der Waals surface area (Å²) in [5.41, 5.74) is 3.30. The molecule has 0 spiro atoms. The molecule has 0 saturated heterocycles. The van der Waals surface area contributed by atoms with Crippen molar-refractivity contribution in [1.29, 1.82) is 0 Å². The Balaban J connectivity index is 1.79. The summed E-state index contributed by atoms with van der Waals surface area (Å²) in [5.74, 6) is -0.468. The highest BCUT2D eigenvalue weighted by Crippen LogP contribution is 2.13. The van der Waals surface area contributed by atoms with E-state index in [0.29, 0.717) is 5.69 Å². The number of aryl methyl sites for hydroxylation is 1. The molecule has 2 heterocycles. The van der Waals surface area contributed by atoms with Crippen LogP contribution in [0.4, 0.5) is 0 Å². The first-order valence-corrected chi connectivity index (χ1v) is 6.54. The van der Waals surface area contributed by atoms with E-state index in [1.54, 1.807) is 24.4 Å². The summed E-state index contributed by atoms with van der Waals surface area (Å²) in [4.78, 5) is 24.7. The molecular formula is C16H13N3O2. The Labute approximate surface area is 121 Å². The topological polar surface area (TPSA) is 65.0 Å². The molecular weight excluding hydrogens is 266 g/mol. The molecule has 0 saturated carbocycles. The van der Waals surface area contributed by atoms with Crippen molar-refractivity contribution < 1.29 is 9.53 Å². The monoisotopic (exact) mass is 279 g/mol. The van der Waals surface area contributed by atoms with Gasteiger partial charge in [0.05, 0.1) is 22.4 Å². The van der Waals surface area contributed by atoms with Crippen molar-refractivity contribution in [2.24, 2.45) is 0 Å². The van der Waals surface area contributed by atoms with E-state index in [-0.39, 0.29) is 12.3 Å². The molecule has 0 fully saturated rings. The van der Waals surface area contributed by atoms with Crippen LogP contribution in [-0.4, -0.2) is 20.9 Å². The minimum absolute atomic E-state index is 0.0824. The summed E-state index contributed by atoms with van der Waals surface area (Å²) in [6, 6.07) is 12.7. The van der Waals surface area contributed by atoms with Crippen LogP contribution in [0.2, 0.25) is 0 Å². The molecule has 0 aliphatic rings. The van der Waals surface area contributed by atoms with Gasteiger partial charge in [0.2, 0.25) is 0 Å². The van der Waals surface area contributed by atoms with Crippen LogP contribution >= 0.6 is 0 Å². The molecule has 0 aliphatic heterocycles. The number of hydrogen-bond donors (Lipinski definition) is 0. The quantitative estimate of drug-likeness (QED) is 0.690. The molecule has 5 heteroatoms. The van der Waals surface area contributed by atoms with Crippen molar-refractivity contribution in [3.63, 3.8) is 0 Å². The molecule has 0 atom stereocenters. The lowest BCUT2D eigenvalue weighted by atomic mass is 10.2. The van der Waals surface area contributed by atoms with Crippen LogP contribution in [0.1, 0.15) is 21.9 Å². The van der Waals surface area contributed by atoms with E-state index in [0.717, 1.165) is 16.7 Å². The lowest BCUT2D eigenvalue weighted by Gasteiger charge is -2.07. The molecule has 5 nitrogen and oxygen atoms in total. The van der Waals surface area contributed by atoms with Gasteiger partial charge in [-0.05, 0) is 31.2 Å². The van der Waals surface area contributed by atoms with E-state index in [1.807, 2.05) is 31.2 Å². The first-order chi connectivity index (χ1) is 10.2. The number of benzene rings is 1. The van der Waals surface area contributed by atoms with Crippen LogP contribution in [0.15, 0.2) is 48.7 Å². The van der Waals surface area contributed by atoms with Crippen LogP contribution < -0.4 is 0 Å². The number of aromatic nitrogens is 3. The molecule has 0 amide bonds. The van der Waals surface area contributed by atoms with Crippen molar-refractivity contribution in [2.45, 2.75) is 13.5 Å². The molecule has 0 bridgehead atoms. The van der Waals surface area contributed by atoms with E-state index in [9.17, 15) is 4.79 Å². The zero-order valence-corrected chi connectivity index (χ0v) is 11.5. The molecule has 3 rings (SSSR count). The van der Waals surface area contributed by atoms with E-state index < -0.39 is 5.97 Å². The molecule has 0 unspecified atom stereocenters. The predicted molar refractivity (Wildman–Crippen MR) is 77.6 cm³/mol. The summed E-state index contributed by atoms with van der Waals surface area (Å²) >= 11 is 0. The van der Waals surface area contributed by atoms with Crippen molar-refractivity contribution in [3.05, 3.63) is 65.7 Å². The van der Waals surface area contributed by atoms with Gasteiger partial charge in [-0.3, -0.25) is 0 Å². The van der Waals surface area contributed by atoms with Crippen LogP contribution in [0.25, 0.3) is 11.0 Å². The molecule has 2 aromatic heterocycles. The van der Waals surface area contributed by atoms with Crippen molar-refractivity contribution in [1.82, 2.24) is 15.0 Å². The fourth-order valence-electron chi connectivity index (χ4n) is 1.95. The van der Waals surface area contributed by atoms with Crippen molar-refractivity contribution in [2.75, 3.05) is 0 Å². The molecule has 3 aromatic rings.